The zero-order chi connectivity index (χ0) is 15.0. The summed E-state index contributed by atoms with van der Waals surface area (Å²) in [6.07, 6.45) is 2.03. The molecule has 0 spiro atoms. The topological polar surface area (TPSA) is 18.5 Å². The molecule has 1 aliphatic heterocycles. The smallest absolute Gasteiger partial charge is 0.400 e. The van der Waals surface area contributed by atoms with Crippen LogP contribution in [0.4, 0.5) is 0 Å². The number of benzene rings is 1. The predicted octanol–water partition coefficient (Wildman–Crippen LogP) is 4.28. The van der Waals surface area contributed by atoms with Crippen LogP contribution in [0.25, 0.3) is 6.08 Å². The Bertz CT molecular complexity index is 512. The van der Waals surface area contributed by atoms with Gasteiger partial charge in [0, 0.05) is 10.8 Å². The Balaban J connectivity index is 2.26. The highest BCUT2D eigenvalue weighted by atomic mass is 35.5. The molecule has 0 saturated carbocycles. The summed E-state index contributed by atoms with van der Waals surface area (Å²) in [5.41, 5.74) is 1.34. The largest absolute Gasteiger partial charge is 0.491 e. The first kappa shape index (κ1) is 16.0. The molecule has 20 heavy (non-hydrogen) atoms. The Morgan fingerprint density at radius 3 is 2.35 bits per heavy atom. The Kier molecular flexibility index (Phi) is 4.60. The maximum atomic E-state index is 6.05. The van der Waals surface area contributed by atoms with Crippen LogP contribution in [0.2, 0.25) is 5.02 Å². The van der Waals surface area contributed by atoms with Crippen LogP contribution in [0.5, 0.6) is 0 Å². The van der Waals surface area contributed by atoms with Crippen LogP contribution in [-0.4, -0.2) is 24.1 Å². The van der Waals surface area contributed by atoms with Crippen molar-refractivity contribution in [3.05, 3.63) is 40.3 Å². The average molecular weight is 311 g/mol. The van der Waals surface area contributed by atoms with Gasteiger partial charge >= 0.3 is 7.12 Å². The van der Waals surface area contributed by atoms with Crippen molar-refractivity contribution in [1.82, 2.24) is 0 Å². The Hall–Kier alpha value is -0.415. The van der Waals surface area contributed by atoms with E-state index in [1.54, 1.807) is 0 Å². The number of hydrogen-bond acceptors (Lipinski definition) is 3. The minimum Gasteiger partial charge on any atom is -0.400 e. The summed E-state index contributed by atoms with van der Waals surface area (Å²) >= 11 is 10.4. The van der Waals surface area contributed by atoms with Crippen molar-refractivity contribution in [2.24, 2.45) is 0 Å². The predicted molar refractivity (Wildman–Crippen MR) is 89.4 cm³/mol. The third kappa shape index (κ3) is 3.25. The van der Waals surface area contributed by atoms with Crippen molar-refractivity contribution in [3.63, 3.8) is 0 Å². The molecule has 0 aromatic heterocycles. The van der Waals surface area contributed by atoms with E-state index in [0.29, 0.717) is 10.8 Å². The van der Waals surface area contributed by atoms with E-state index in [9.17, 15) is 0 Å². The molecule has 1 heterocycles. The molecule has 0 bridgehead atoms. The van der Waals surface area contributed by atoms with E-state index in [1.165, 1.54) is 0 Å². The molecule has 0 aliphatic carbocycles. The van der Waals surface area contributed by atoms with E-state index in [0.717, 1.165) is 11.0 Å². The summed E-state index contributed by atoms with van der Waals surface area (Å²) in [4.78, 5) is 0. The highest BCUT2D eigenvalue weighted by molar-refractivity contribution is 7.80. The van der Waals surface area contributed by atoms with Crippen molar-refractivity contribution in [2.45, 2.75) is 38.9 Å². The molecule has 2 nitrogen and oxygen atoms in total. The first-order valence-corrected chi connectivity index (χ1v) is 7.69. The summed E-state index contributed by atoms with van der Waals surface area (Å²) < 4.78 is 12.1. The fourth-order valence-electron chi connectivity index (χ4n) is 1.99. The summed E-state index contributed by atoms with van der Waals surface area (Å²) in [7, 11) is -0.364. The Morgan fingerprint density at radius 1 is 1.25 bits per heavy atom. The van der Waals surface area contributed by atoms with Crippen molar-refractivity contribution in [3.8, 4) is 0 Å². The van der Waals surface area contributed by atoms with Crippen LogP contribution < -0.4 is 0 Å². The second kappa shape index (κ2) is 5.76. The molecule has 0 radical (unpaired) electrons. The van der Waals surface area contributed by atoms with Crippen molar-refractivity contribution in [2.75, 3.05) is 5.75 Å². The standard InChI is InChI=1S/C15H20BClO2S/c1-14(2)15(3,4)19-16(18-14)12(10-20)8-11-6-5-7-13(17)9-11/h5-9,20H,10H2,1-4H3. The number of halogens is 1. The Morgan fingerprint density at radius 2 is 1.85 bits per heavy atom. The minimum absolute atomic E-state index is 0.339. The van der Waals surface area contributed by atoms with Gasteiger partial charge in [0.15, 0.2) is 0 Å². The lowest BCUT2D eigenvalue weighted by Gasteiger charge is -2.32. The lowest BCUT2D eigenvalue weighted by atomic mass is 9.78. The molecule has 1 saturated heterocycles. The van der Waals surface area contributed by atoms with E-state index >= 15 is 0 Å². The molecule has 0 N–H and O–H groups in total. The monoisotopic (exact) mass is 310 g/mol. The molecule has 108 valence electrons. The van der Waals surface area contributed by atoms with E-state index < -0.39 is 0 Å². The second-order valence-corrected chi connectivity index (χ2v) is 6.77. The van der Waals surface area contributed by atoms with E-state index in [2.05, 4.69) is 12.6 Å². The van der Waals surface area contributed by atoms with Crippen LogP contribution in [0.3, 0.4) is 0 Å². The zero-order valence-electron chi connectivity index (χ0n) is 12.3. The molecule has 1 aromatic rings. The van der Waals surface area contributed by atoms with Crippen LogP contribution in [0, 0.1) is 0 Å². The molecule has 2 rings (SSSR count). The SMILES string of the molecule is CC1(C)OB(C(=Cc2cccc(Cl)c2)CS)OC1(C)C. The maximum absolute atomic E-state index is 6.05. The molecule has 1 aliphatic rings. The third-order valence-electron chi connectivity index (χ3n) is 3.94. The average Bonchev–Trinajstić information content (AvgIpc) is 2.55. The zero-order valence-corrected chi connectivity index (χ0v) is 14.0. The van der Waals surface area contributed by atoms with Gasteiger partial charge in [-0.2, -0.15) is 12.6 Å². The number of thiol groups is 1. The van der Waals surface area contributed by atoms with Crippen molar-refractivity contribution >= 4 is 37.4 Å². The summed E-state index contributed by atoms with van der Waals surface area (Å²) in [6.45, 7) is 8.18. The lowest BCUT2D eigenvalue weighted by Crippen LogP contribution is -2.41. The van der Waals surface area contributed by atoms with Gasteiger partial charge in [0.05, 0.1) is 11.2 Å². The quantitative estimate of drug-likeness (QED) is 0.663. The summed E-state index contributed by atoms with van der Waals surface area (Å²) in [5, 5.41) is 0.714. The molecule has 0 unspecified atom stereocenters. The molecule has 1 fully saturated rings. The number of rotatable bonds is 3. The van der Waals surface area contributed by atoms with Crippen LogP contribution in [-0.2, 0) is 9.31 Å². The van der Waals surface area contributed by atoms with Crippen LogP contribution in [0.15, 0.2) is 29.7 Å². The van der Waals surface area contributed by atoms with Gasteiger partial charge < -0.3 is 9.31 Å². The molecule has 0 amide bonds. The van der Waals surface area contributed by atoms with Gasteiger partial charge in [0.2, 0.25) is 0 Å². The molecular formula is C15H20BClO2S. The van der Waals surface area contributed by atoms with Crippen LogP contribution in [0.1, 0.15) is 33.3 Å². The van der Waals surface area contributed by atoms with Gasteiger partial charge in [-0.3, -0.25) is 0 Å². The van der Waals surface area contributed by atoms with Crippen molar-refractivity contribution < 1.29 is 9.31 Å². The Labute approximate surface area is 132 Å². The minimum atomic E-state index is -0.364. The fraction of sp³-hybridized carbons (Fsp3) is 0.467. The number of hydrogen-bond donors (Lipinski definition) is 1. The van der Waals surface area contributed by atoms with Gasteiger partial charge in [-0.25, -0.2) is 0 Å². The maximum Gasteiger partial charge on any atom is 0.491 e. The first-order valence-electron chi connectivity index (χ1n) is 6.68. The molecule has 0 atom stereocenters. The highest BCUT2D eigenvalue weighted by Gasteiger charge is 2.52. The van der Waals surface area contributed by atoms with E-state index in [4.69, 9.17) is 20.9 Å². The first-order chi connectivity index (χ1) is 9.25. The van der Waals surface area contributed by atoms with E-state index in [1.807, 2.05) is 58.0 Å². The summed E-state index contributed by atoms with van der Waals surface area (Å²) in [6, 6.07) is 7.69. The van der Waals surface area contributed by atoms with Gasteiger partial charge in [-0.15, -0.1) is 0 Å². The highest BCUT2D eigenvalue weighted by Crippen LogP contribution is 2.39. The molecular weight excluding hydrogens is 290 g/mol. The molecule has 1 aromatic carbocycles. The second-order valence-electron chi connectivity index (χ2n) is 6.02. The van der Waals surface area contributed by atoms with Crippen LogP contribution >= 0.6 is 24.2 Å². The lowest BCUT2D eigenvalue weighted by molar-refractivity contribution is 0.00578. The third-order valence-corrected chi connectivity index (χ3v) is 4.54. The van der Waals surface area contributed by atoms with E-state index in [-0.39, 0.29) is 18.3 Å². The fourth-order valence-corrected chi connectivity index (χ4v) is 2.43. The van der Waals surface area contributed by atoms with Gasteiger partial charge in [0.25, 0.3) is 0 Å². The summed E-state index contributed by atoms with van der Waals surface area (Å²) in [5.74, 6) is 0.573. The normalized spacial score (nSPS) is 21.3. The van der Waals surface area contributed by atoms with Gasteiger partial charge in [-0.05, 0) is 50.9 Å². The van der Waals surface area contributed by atoms with Gasteiger partial charge in [0.1, 0.15) is 0 Å². The van der Waals surface area contributed by atoms with Crippen molar-refractivity contribution in [1.29, 1.82) is 0 Å². The molecule has 5 heteroatoms. The van der Waals surface area contributed by atoms with Gasteiger partial charge in [-0.1, -0.05) is 29.8 Å².